The quantitative estimate of drug-likeness (QED) is 0.802. The Kier molecular flexibility index (Phi) is 2.53. The highest BCUT2D eigenvalue weighted by Crippen LogP contribution is 2.08. The first-order chi connectivity index (χ1) is 7.29. The third-order valence-corrected chi connectivity index (χ3v) is 2.04. The van der Waals surface area contributed by atoms with Crippen LogP contribution in [0.25, 0.3) is 0 Å². The van der Waals surface area contributed by atoms with Crippen LogP contribution >= 0.6 is 0 Å². The topological polar surface area (TPSA) is 70.9 Å². The molecule has 0 aliphatic heterocycles. The van der Waals surface area contributed by atoms with Gasteiger partial charge in [-0.15, -0.1) is 0 Å². The van der Waals surface area contributed by atoms with Crippen LogP contribution in [-0.2, 0) is 6.42 Å². The van der Waals surface area contributed by atoms with Gasteiger partial charge in [-0.3, -0.25) is 9.89 Å². The Hall–Kier alpha value is -2.04. The molecule has 0 unspecified atom stereocenters. The molecule has 5 heteroatoms. The molecule has 0 aliphatic carbocycles. The number of carbonyl (C=O) groups is 1. The number of furan rings is 1. The number of nitrogens with zero attached hydrogens (tertiary/aromatic N) is 1. The lowest BCUT2D eigenvalue weighted by molar-refractivity contribution is 0.102. The SMILES string of the molecule is CCc1cc(NC(=O)c2ccoc2)n[nH]1. The average Bonchev–Trinajstić information content (AvgIpc) is 2.87. The molecule has 2 N–H and O–H groups in total. The zero-order valence-corrected chi connectivity index (χ0v) is 8.28. The summed E-state index contributed by atoms with van der Waals surface area (Å²) in [5.74, 6) is 0.302. The molecule has 5 nitrogen and oxygen atoms in total. The molecule has 1 amide bonds. The van der Waals surface area contributed by atoms with Crippen LogP contribution in [0.3, 0.4) is 0 Å². The molecule has 0 bridgehead atoms. The van der Waals surface area contributed by atoms with E-state index in [4.69, 9.17) is 4.42 Å². The number of carbonyl (C=O) groups excluding carboxylic acids is 1. The van der Waals surface area contributed by atoms with Crippen molar-refractivity contribution < 1.29 is 9.21 Å². The molecule has 0 radical (unpaired) electrons. The third kappa shape index (κ3) is 2.07. The second-order valence-corrected chi connectivity index (χ2v) is 3.10. The molecule has 2 heterocycles. The molecule has 2 aromatic heterocycles. The number of aromatic amines is 1. The molecule has 2 rings (SSSR count). The van der Waals surface area contributed by atoms with E-state index in [-0.39, 0.29) is 5.91 Å². The summed E-state index contributed by atoms with van der Waals surface area (Å²) in [7, 11) is 0. The van der Waals surface area contributed by atoms with Gasteiger partial charge in [-0.2, -0.15) is 5.10 Å². The van der Waals surface area contributed by atoms with Crippen LogP contribution in [0.5, 0.6) is 0 Å². The van der Waals surface area contributed by atoms with Crippen molar-refractivity contribution in [2.75, 3.05) is 5.32 Å². The van der Waals surface area contributed by atoms with Crippen molar-refractivity contribution in [3.8, 4) is 0 Å². The van der Waals surface area contributed by atoms with E-state index in [0.717, 1.165) is 12.1 Å². The van der Waals surface area contributed by atoms with E-state index >= 15 is 0 Å². The van der Waals surface area contributed by atoms with Crippen LogP contribution in [0.15, 0.2) is 29.1 Å². The van der Waals surface area contributed by atoms with Crippen molar-refractivity contribution in [3.05, 3.63) is 35.9 Å². The average molecular weight is 205 g/mol. The van der Waals surface area contributed by atoms with Gasteiger partial charge >= 0.3 is 0 Å². The lowest BCUT2D eigenvalue weighted by Crippen LogP contribution is -2.10. The maximum absolute atomic E-state index is 11.5. The van der Waals surface area contributed by atoms with Crippen LogP contribution < -0.4 is 5.32 Å². The third-order valence-electron chi connectivity index (χ3n) is 2.04. The predicted octanol–water partition coefficient (Wildman–Crippen LogP) is 1.82. The van der Waals surface area contributed by atoms with Crippen LogP contribution in [0.2, 0.25) is 0 Å². The molecule has 78 valence electrons. The van der Waals surface area contributed by atoms with Gasteiger partial charge in [-0.1, -0.05) is 6.92 Å². The Bertz CT molecular complexity index is 445. The number of aromatic nitrogens is 2. The molecule has 0 saturated carbocycles. The van der Waals surface area contributed by atoms with Gasteiger partial charge in [0.1, 0.15) is 6.26 Å². The van der Waals surface area contributed by atoms with Crippen molar-refractivity contribution in [2.24, 2.45) is 0 Å². The highest BCUT2D eigenvalue weighted by atomic mass is 16.3. The van der Waals surface area contributed by atoms with E-state index in [1.54, 1.807) is 12.1 Å². The van der Waals surface area contributed by atoms with E-state index in [0.29, 0.717) is 11.4 Å². The lowest BCUT2D eigenvalue weighted by Gasteiger charge is -1.96. The maximum Gasteiger partial charge on any atom is 0.260 e. The lowest BCUT2D eigenvalue weighted by atomic mass is 10.3. The predicted molar refractivity (Wildman–Crippen MR) is 54.6 cm³/mol. The van der Waals surface area contributed by atoms with Crippen LogP contribution in [-0.4, -0.2) is 16.1 Å². The number of aryl methyl sites for hydroxylation is 1. The second kappa shape index (κ2) is 4.00. The minimum absolute atomic E-state index is 0.224. The number of hydrogen-bond donors (Lipinski definition) is 2. The Morgan fingerprint density at radius 1 is 1.67 bits per heavy atom. The van der Waals surface area contributed by atoms with Crippen LogP contribution in [0.1, 0.15) is 23.0 Å². The summed E-state index contributed by atoms with van der Waals surface area (Å²) < 4.78 is 4.81. The fourth-order valence-corrected chi connectivity index (χ4v) is 1.19. The maximum atomic E-state index is 11.5. The standard InChI is InChI=1S/C10H11N3O2/c1-2-8-5-9(13-12-8)11-10(14)7-3-4-15-6-7/h3-6H,2H2,1H3,(H2,11,12,13,14). The van der Waals surface area contributed by atoms with Gasteiger partial charge in [0.2, 0.25) is 0 Å². The first-order valence-electron chi connectivity index (χ1n) is 4.67. The van der Waals surface area contributed by atoms with Gasteiger partial charge in [0.15, 0.2) is 5.82 Å². The largest absolute Gasteiger partial charge is 0.472 e. The summed E-state index contributed by atoms with van der Waals surface area (Å²) in [6.07, 6.45) is 3.70. The molecule has 0 saturated heterocycles. The summed E-state index contributed by atoms with van der Waals surface area (Å²) in [4.78, 5) is 11.5. The van der Waals surface area contributed by atoms with Gasteiger partial charge in [-0.25, -0.2) is 0 Å². The minimum Gasteiger partial charge on any atom is -0.472 e. The molecule has 15 heavy (non-hydrogen) atoms. The summed E-state index contributed by atoms with van der Waals surface area (Å²) in [5.41, 5.74) is 1.47. The zero-order chi connectivity index (χ0) is 10.7. The zero-order valence-electron chi connectivity index (χ0n) is 8.28. The van der Waals surface area contributed by atoms with Crippen LogP contribution in [0, 0.1) is 0 Å². The van der Waals surface area contributed by atoms with Gasteiger partial charge in [0, 0.05) is 11.8 Å². The smallest absolute Gasteiger partial charge is 0.260 e. The Morgan fingerprint density at radius 2 is 2.53 bits per heavy atom. The van der Waals surface area contributed by atoms with Gasteiger partial charge < -0.3 is 9.73 Å². The Labute approximate surface area is 86.5 Å². The molecule has 2 aromatic rings. The number of nitrogens with one attached hydrogen (secondary N) is 2. The fourth-order valence-electron chi connectivity index (χ4n) is 1.19. The second-order valence-electron chi connectivity index (χ2n) is 3.10. The monoisotopic (exact) mass is 205 g/mol. The minimum atomic E-state index is -0.224. The number of hydrogen-bond acceptors (Lipinski definition) is 3. The Balaban J connectivity index is 2.06. The van der Waals surface area contributed by atoms with Crippen molar-refractivity contribution in [3.63, 3.8) is 0 Å². The van der Waals surface area contributed by atoms with Gasteiger partial charge in [0.25, 0.3) is 5.91 Å². The van der Waals surface area contributed by atoms with E-state index in [1.807, 2.05) is 6.92 Å². The highest BCUT2D eigenvalue weighted by molar-refractivity contribution is 6.03. The van der Waals surface area contributed by atoms with E-state index in [2.05, 4.69) is 15.5 Å². The first kappa shape index (κ1) is 9.51. The number of rotatable bonds is 3. The van der Waals surface area contributed by atoms with Crippen molar-refractivity contribution in [2.45, 2.75) is 13.3 Å². The van der Waals surface area contributed by atoms with E-state index in [1.165, 1.54) is 12.5 Å². The number of H-pyrrole nitrogens is 1. The fraction of sp³-hybridized carbons (Fsp3) is 0.200. The number of anilines is 1. The van der Waals surface area contributed by atoms with E-state index in [9.17, 15) is 4.79 Å². The summed E-state index contributed by atoms with van der Waals surface area (Å²) in [6.45, 7) is 2.01. The Morgan fingerprint density at radius 3 is 3.13 bits per heavy atom. The molecule has 0 atom stereocenters. The molecule has 0 fully saturated rings. The molecule has 0 spiro atoms. The number of amides is 1. The van der Waals surface area contributed by atoms with Crippen molar-refractivity contribution >= 4 is 11.7 Å². The first-order valence-corrected chi connectivity index (χ1v) is 4.67. The van der Waals surface area contributed by atoms with Crippen LogP contribution in [0.4, 0.5) is 5.82 Å². The highest BCUT2D eigenvalue weighted by Gasteiger charge is 2.08. The summed E-state index contributed by atoms with van der Waals surface area (Å²) >= 11 is 0. The molecular formula is C10H11N3O2. The van der Waals surface area contributed by atoms with E-state index < -0.39 is 0 Å². The molecule has 0 aliphatic rings. The van der Waals surface area contributed by atoms with Crippen molar-refractivity contribution in [1.82, 2.24) is 10.2 Å². The summed E-state index contributed by atoms with van der Waals surface area (Å²) in [6, 6.07) is 3.40. The van der Waals surface area contributed by atoms with Gasteiger partial charge in [0.05, 0.1) is 11.8 Å². The summed E-state index contributed by atoms with van der Waals surface area (Å²) in [5, 5.41) is 9.42. The normalized spacial score (nSPS) is 10.2. The van der Waals surface area contributed by atoms with Gasteiger partial charge in [-0.05, 0) is 12.5 Å². The molecular weight excluding hydrogens is 194 g/mol. The molecule has 0 aromatic carbocycles. The van der Waals surface area contributed by atoms with Crippen molar-refractivity contribution in [1.29, 1.82) is 0 Å².